The summed E-state index contributed by atoms with van der Waals surface area (Å²) in [4.78, 5) is 22.9. The predicted octanol–water partition coefficient (Wildman–Crippen LogP) is 0.659. The van der Waals surface area contributed by atoms with Gasteiger partial charge in [0.2, 0.25) is 0 Å². The summed E-state index contributed by atoms with van der Waals surface area (Å²) in [6.45, 7) is 0.656. The highest BCUT2D eigenvalue weighted by molar-refractivity contribution is 5.93. The Kier molecular flexibility index (Phi) is 5.28. The van der Waals surface area contributed by atoms with Crippen LogP contribution in [0.1, 0.15) is 17.4 Å². The Morgan fingerprint density at radius 2 is 1.92 bits per heavy atom. The SMILES string of the molecule is COc1ccc(-c2cc(C(=O)NCC(C)(O)C(=O)O)[nH]n2)cc1OC. The number of amides is 1. The quantitative estimate of drug-likeness (QED) is 0.577. The number of aromatic amines is 1. The van der Waals surface area contributed by atoms with Crippen LogP contribution in [-0.2, 0) is 4.79 Å². The van der Waals surface area contributed by atoms with Gasteiger partial charge in [0.1, 0.15) is 5.69 Å². The number of ether oxygens (including phenoxy) is 2. The molecule has 1 aromatic carbocycles. The number of rotatable bonds is 7. The number of aliphatic carboxylic acids is 1. The fourth-order valence-electron chi connectivity index (χ4n) is 2.00. The summed E-state index contributed by atoms with van der Waals surface area (Å²) in [5.41, 5.74) is -0.727. The van der Waals surface area contributed by atoms with Gasteiger partial charge in [-0.05, 0) is 31.2 Å². The number of carboxylic acids is 1. The van der Waals surface area contributed by atoms with Gasteiger partial charge < -0.3 is 25.0 Å². The lowest BCUT2D eigenvalue weighted by Crippen LogP contribution is -2.46. The van der Waals surface area contributed by atoms with Gasteiger partial charge >= 0.3 is 5.97 Å². The Morgan fingerprint density at radius 1 is 1.24 bits per heavy atom. The third kappa shape index (κ3) is 4.07. The number of hydrogen-bond acceptors (Lipinski definition) is 6. The van der Waals surface area contributed by atoms with Crippen LogP contribution in [0.5, 0.6) is 11.5 Å². The molecule has 4 N–H and O–H groups in total. The maximum atomic E-state index is 12.1. The van der Waals surface area contributed by atoms with Crippen LogP contribution in [-0.4, -0.2) is 58.7 Å². The fraction of sp³-hybridized carbons (Fsp3) is 0.312. The molecule has 1 unspecified atom stereocenters. The topological polar surface area (TPSA) is 134 Å². The van der Waals surface area contributed by atoms with Gasteiger partial charge in [0.25, 0.3) is 5.91 Å². The highest BCUT2D eigenvalue weighted by Crippen LogP contribution is 2.31. The Balaban J connectivity index is 2.14. The molecule has 0 fully saturated rings. The highest BCUT2D eigenvalue weighted by atomic mass is 16.5. The van der Waals surface area contributed by atoms with Gasteiger partial charge in [-0.3, -0.25) is 9.89 Å². The van der Waals surface area contributed by atoms with Crippen LogP contribution in [0.25, 0.3) is 11.3 Å². The van der Waals surface area contributed by atoms with E-state index in [4.69, 9.17) is 14.6 Å². The number of nitrogens with one attached hydrogen (secondary N) is 2. The summed E-state index contributed by atoms with van der Waals surface area (Å²) in [6.07, 6.45) is 0. The van der Waals surface area contributed by atoms with Gasteiger partial charge in [0.15, 0.2) is 17.1 Å². The lowest BCUT2D eigenvalue weighted by atomic mass is 10.1. The van der Waals surface area contributed by atoms with Crippen LogP contribution in [0.4, 0.5) is 0 Å². The second-order valence-electron chi connectivity index (χ2n) is 5.50. The van der Waals surface area contributed by atoms with E-state index >= 15 is 0 Å². The van der Waals surface area contributed by atoms with Crippen LogP contribution < -0.4 is 14.8 Å². The molecule has 0 saturated heterocycles. The standard InChI is InChI=1S/C16H19N3O6/c1-16(23,15(21)22)8-17-14(20)11-7-10(18-19-11)9-4-5-12(24-2)13(6-9)25-3/h4-7,23H,8H2,1-3H3,(H,17,20)(H,18,19)(H,21,22). The summed E-state index contributed by atoms with van der Waals surface area (Å²) in [5.74, 6) is -0.925. The third-order valence-corrected chi connectivity index (χ3v) is 3.56. The normalized spacial score (nSPS) is 13.0. The zero-order valence-corrected chi connectivity index (χ0v) is 14.0. The van der Waals surface area contributed by atoms with Crippen molar-refractivity contribution >= 4 is 11.9 Å². The van der Waals surface area contributed by atoms with Crippen LogP contribution in [0.2, 0.25) is 0 Å². The van der Waals surface area contributed by atoms with Gasteiger partial charge in [-0.2, -0.15) is 5.10 Å². The Bertz CT molecular complexity index is 784. The average molecular weight is 349 g/mol. The first-order valence-electron chi connectivity index (χ1n) is 7.30. The molecule has 0 spiro atoms. The van der Waals surface area contributed by atoms with E-state index in [-0.39, 0.29) is 5.69 Å². The van der Waals surface area contributed by atoms with E-state index in [1.165, 1.54) is 20.3 Å². The molecule has 0 radical (unpaired) electrons. The van der Waals surface area contributed by atoms with Gasteiger partial charge in [0.05, 0.1) is 26.5 Å². The molecule has 0 saturated carbocycles. The number of methoxy groups -OCH3 is 2. The van der Waals surface area contributed by atoms with Gasteiger partial charge in [0, 0.05) is 5.56 Å². The van der Waals surface area contributed by atoms with Crippen LogP contribution in [0.15, 0.2) is 24.3 Å². The van der Waals surface area contributed by atoms with Gasteiger partial charge in [-0.1, -0.05) is 0 Å². The maximum Gasteiger partial charge on any atom is 0.337 e. The second kappa shape index (κ2) is 7.22. The van der Waals surface area contributed by atoms with Crippen molar-refractivity contribution in [3.05, 3.63) is 30.0 Å². The minimum absolute atomic E-state index is 0.131. The zero-order chi connectivity index (χ0) is 18.6. The van der Waals surface area contributed by atoms with Crippen LogP contribution in [0.3, 0.4) is 0 Å². The maximum absolute atomic E-state index is 12.1. The lowest BCUT2D eigenvalue weighted by molar-refractivity contribution is -0.155. The number of carboxylic acid groups (broad SMARTS) is 1. The van der Waals surface area contributed by atoms with Crippen molar-refractivity contribution in [2.24, 2.45) is 0 Å². The average Bonchev–Trinajstić information content (AvgIpc) is 3.09. The van der Waals surface area contributed by atoms with Crippen molar-refractivity contribution in [1.82, 2.24) is 15.5 Å². The van der Waals surface area contributed by atoms with Crippen molar-refractivity contribution in [1.29, 1.82) is 0 Å². The Labute approximate surface area is 143 Å². The van der Waals surface area contributed by atoms with Gasteiger partial charge in [-0.15, -0.1) is 0 Å². The van der Waals surface area contributed by atoms with Crippen molar-refractivity contribution < 1.29 is 29.3 Å². The monoisotopic (exact) mass is 349 g/mol. The summed E-state index contributed by atoms with van der Waals surface area (Å²) >= 11 is 0. The molecular weight excluding hydrogens is 330 g/mol. The number of nitrogens with zero attached hydrogens (tertiary/aromatic N) is 1. The van der Waals surface area contributed by atoms with Gasteiger partial charge in [-0.25, -0.2) is 4.79 Å². The first kappa shape index (κ1) is 18.3. The molecule has 0 aliphatic carbocycles. The second-order valence-corrected chi connectivity index (χ2v) is 5.50. The zero-order valence-electron chi connectivity index (χ0n) is 14.0. The predicted molar refractivity (Wildman–Crippen MR) is 87.7 cm³/mol. The molecular formula is C16H19N3O6. The van der Waals surface area contributed by atoms with E-state index in [2.05, 4.69) is 15.5 Å². The van der Waals surface area contributed by atoms with Crippen LogP contribution >= 0.6 is 0 Å². The molecule has 0 aliphatic rings. The molecule has 25 heavy (non-hydrogen) atoms. The molecule has 1 atom stereocenters. The molecule has 9 heteroatoms. The number of aliphatic hydroxyl groups is 1. The number of carbonyl (C=O) groups is 2. The first-order chi connectivity index (χ1) is 11.8. The Morgan fingerprint density at radius 3 is 2.52 bits per heavy atom. The largest absolute Gasteiger partial charge is 0.493 e. The van der Waals surface area contributed by atoms with Crippen molar-refractivity contribution in [2.45, 2.75) is 12.5 Å². The highest BCUT2D eigenvalue weighted by Gasteiger charge is 2.30. The molecule has 1 amide bonds. The minimum Gasteiger partial charge on any atom is -0.493 e. The molecule has 2 aromatic rings. The Hall–Kier alpha value is -3.07. The van der Waals surface area contributed by atoms with Crippen molar-refractivity contribution in [2.75, 3.05) is 20.8 Å². The lowest BCUT2D eigenvalue weighted by Gasteiger charge is -2.17. The summed E-state index contributed by atoms with van der Waals surface area (Å²) < 4.78 is 10.4. The van der Waals surface area contributed by atoms with E-state index in [9.17, 15) is 14.7 Å². The van der Waals surface area contributed by atoms with Crippen molar-refractivity contribution in [3.63, 3.8) is 0 Å². The third-order valence-electron chi connectivity index (χ3n) is 3.56. The van der Waals surface area contributed by atoms with E-state index in [0.717, 1.165) is 6.92 Å². The molecule has 2 rings (SSSR count). The molecule has 1 aromatic heterocycles. The number of H-pyrrole nitrogens is 1. The van der Waals surface area contributed by atoms with E-state index in [1.807, 2.05) is 0 Å². The molecule has 1 heterocycles. The summed E-state index contributed by atoms with van der Waals surface area (Å²) in [7, 11) is 3.04. The van der Waals surface area contributed by atoms with E-state index < -0.39 is 24.0 Å². The number of hydrogen-bond donors (Lipinski definition) is 4. The van der Waals surface area contributed by atoms with Crippen molar-refractivity contribution in [3.8, 4) is 22.8 Å². The molecule has 0 bridgehead atoms. The smallest absolute Gasteiger partial charge is 0.337 e. The fourth-order valence-corrected chi connectivity index (χ4v) is 2.00. The minimum atomic E-state index is -2.05. The number of benzene rings is 1. The molecule has 134 valence electrons. The summed E-state index contributed by atoms with van der Waals surface area (Å²) in [5, 5.41) is 27.4. The van der Waals surface area contributed by atoms with E-state index in [0.29, 0.717) is 22.8 Å². The first-order valence-corrected chi connectivity index (χ1v) is 7.30. The number of carbonyl (C=O) groups excluding carboxylic acids is 1. The number of aromatic nitrogens is 2. The van der Waals surface area contributed by atoms with E-state index in [1.54, 1.807) is 18.2 Å². The molecule has 0 aliphatic heterocycles. The van der Waals surface area contributed by atoms with Crippen LogP contribution in [0, 0.1) is 0 Å². The molecule has 9 nitrogen and oxygen atoms in total. The summed E-state index contributed by atoms with van der Waals surface area (Å²) in [6, 6.07) is 6.69.